The average Bonchev–Trinajstić information content (AvgIpc) is 3.59. The number of hydrogen-bond acceptors (Lipinski definition) is 3. The largest absolute Gasteiger partial charge is 0.192 e. The minimum Gasteiger partial charge on any atom is -0.192 e. The van der Waals surface area contributed by atoms with E-state index >= 15 is 0 Å². The van der Waals surface area contributed by atoms with E-state index in [0.717, 1.165) is 27.8 Å². The third kappa shape index (κ3) is 3.51. The lowest BCUT2D eigenvalue weighted by atomic mass is 9.87. The lowest BCUT2D eigenvalue weighted by Gasteiger charge is -2.16. The summed E-state index contributed by atoms with van der Waals surface area (Å²) < 4.78 is 5.06. The number of nitrogens with zero attached hydrogens (tertiary/aromatic N) is 1. The molecule has 0 fully saturated rings. The highest BCUT2D eigenvalue weighted by Gasteiger charge is 2.20. The van der Waals surface area contributed by atoms with Crippen molar-refractivity contribution in [3.8, 4) is 39.4 Å². The smallest absolute Gasteiger partial charge is 0.100 e. The predicted molar refractivity (Wildman–Crippen MR) is 173 cm³/mol. The molecule has 0 aliphatic carbocycles. The predicted octanol–water partition coefficient (Wildman–Crippen LogP) is 11.3. The second-order valence-electron chi connectivity index (χ2n) is 9.98. The first-order valence-corrected chi connectivity index (χ1v) is 14.9. The lowest BCUT2D eigenvalue weighted by molar-refractivity contribution is 1.47. The van der Waals surface area contributed by atoms with Gasteiger partial charge in [-0.1, -0.05) is 97.1 Å². The highest BCUT2D eigenvalue weighted by Crippen LogP contribution is 2.46. The summed E-state index contributed by atoms with van der Waals surface area (Å²) >= 11 is 3.65. The summed E-state index contributed by atoms with van der Waals surface area (Å²) in [4.78, 5) is 0. The summed E-state index contributed by atoms with van der Waals surface area (Å²) in [5.74, 6) is 0. The normalized spacial score (nSPS) is 11.5. The van der Waals surface area contributed by atoms with Crippen LogP contribution in [0, 0.1) is 11.3 Å². The maximum atomic E-state index is 10.6. The molecular weight excluding hydrogens is 523 g/mol. The van der Waals surface area contributed by atoms with Gasteiger partial charge in [0.1, 0.15) is 6.07 Å². The van der Waals surface area contributed by atoms with Crippen LogP contribution in [-0.2, 0) is 0 Å². The van der Waals surface area contributed by atoms with Crippen LogP contribution in [0.4, 0.5) is 0 Å². The van der Waals surface area contributed by atoms with Gasteiger partial charge in [0.25, 0.3) is 0 Å². The maximum Gasteiger partial charge on any atom is 0.100 e. The molecule has 0 atom stereocenters. The SMILES string of the molecule is N#Cc1c(-c2ccccc2)cc(-c2cccc3c2sc2ccccc23)cc1-c1cccc2sc3ccccc3c12. The molecule has 0 radical (unpaired) electrons. The van der Waals surface area contributed by atoms with Gasteiger partial charge in [0.15, 0.2) is 0 Å². The fraction of sp³-hybridized carbons (Fsp3) is 0. The quantitative estimate of drug-likeness (QED) is 0.217. The molecule has 0 N–H and O–H groups in total. The molecule has 40 heavy (non-hydrogen) atoms. The van der Waals surface area contributed by atoms with Crippen LogP contribution in [-0.4, -0.2) is 0 Å². The highest BCUT2D eigenvalue weighted by molar-refractivity contribution is 7.26. The topological polar surface area (TPSA) is 23.8 Å². The zero-order chi connectivity index (χ0) is 26.6. The molecule has 3 heteroatoms. The van der Waals surface area contributed by atoms with E-state index in [9.17, 15) is 5.26 Å². The van der Waals surface area contributed by atoms with Crippen molar-refractivity contribution >= 4 is 63.0 Å². The molecule has 0 aliphatic heterocycles. The van der Waals surface area contributed by atoms with Crippen LogP contribution in [0.1, 0.15) is 5.56 Å². The first-order valence-electron chi connectivity index (χ1n) is 13.2. The van der Waals surface area contributed by atoms with Gasteiger partial charge in [0.05, 0.1) is 5.56 Å². The average molecular weight is 544 g/mol. The van der Waals surface area contributed by atoms with Crippen molar-refractivity contribution in [3.63, 3.8) is 0 Å². The van der Waals surface area contributed by atoms with E-state index in [0.29, 0.717) is 5.56 Å². The van der Waals surface area contributed by atoms with Crippen LogP contribution in [0.25, 0.3) is 73.7 Å². The van der Waals surface area contributed by atoms with Gasteiger partial charge in [-0.05, 0) is 52.6 Å². The van der Waals surface area contributed by atoms with E-state index in [1.165, 1.54) is 45.9 Å². The van der Waals surface area contributed by atoms with Crippen molar-refractivity contribution in [2.75, 3.05) is 0 Å². The summed E-state index contributed by atoms with van der Waals surface area (Å²) in [5.41, 5.74) is 7.13. The van der Waals surface area contributed by atoms with Gasteiger partial charge in [-0.2, -0.15) is 5.26 Å². The molecule has 2 aromatic heterocycles. The number of benzene rings is 6. The van der Waals surface area contributed by atoms with Gasteiger partial charge in [-0.15, -0.1) is 22.7 Å². The Morgan fingerprint density at radius 2 is 1.07 bits per heavy atom. The number of nitriles is 1. The van der Waals surface area contributed by atoms with Crippen LogP contribution in [0.5, 0.6) is 0 Å². The first-order chi connectivity index (χ1) is 19.8. The second-order valence-corrected chi connectivity index (χ2v) is 12.1. The minimum atomic E-state index is 0.709. The summed E-state index contributed by atoms with van der Waals surface area (Å²) in [6.45, 7) is 0. The van der Waals surface area contributed by atoms with Crippen LogP contribution in [0.15, 0.2) is 127 Å². The molecule has 1 nitrogen and oxygen atoms in total. The van der Waals surface area contributed by atoms with Gasteiger partial charge in [-0.3, -0.25) is 0 Å². The zero-order valence-electron chi connectivity index (χ0n) is 21.4. The fourth-order valence-corrected chi connectivity index (χ4v) is 8.32. The summed E-state index contributed by atoms with van der Waals surface area (Å²) in [7, 11) is 0. The van der Waals surface area contributed by atoms with Crippen LogP contribution in [0.2, 0.25) is 0 Å². The van der Waals surface area contributed by atoms with Crippen LogP contribution < -0.4 is 0 Å². The van der Waals surface area contributed by atoms with E-state index < -0.39 is 0 Å². The first kappa shape index (κ1) is 23.2. The van der Waals surface area contributed by atoms with E-state index in [2.05, 4.69) is 115 Å². The van der Waals surface area contributed by atoms with E-state index in [4.69, 9.17) is 0 Å². The summed E-state index contributed by atoms with van der Waals surface area (Å²) in [5, 5.41) is 15.7. The Morgan fingerprint density at radius 3 is 1.90 bits per heavy atom. The van der Waals surface area contributed by atoms with Crippen molar-refractivity contribution in [3.05, 3.63) is 133 Å². The maximum absolute atomic E-state index is 10.6. The van der Waals surface area contributed by atoms with Crippen molar-refractivity contribution in [2.24, 2.45) is 0 Å². The van der Waals surface area contributed by atoms with E-state index in [1.807, 2.05) is 40.9 Å². The number of fused-ring (bicyclic) bond motifs is 6. The Hall–Kier alpha value is -4.75. The molecule has 0 spiro atoms. The van der Waals surface area contributed by atoms with Gasteiger partial charge in [-0.25, -0.2) is 0 Å². The number of thiophene rings is 2. The summed E-state index contributed by atoms with van der Waals surface area (Å²) in [6.07, 6.45) is 0. The fourth-order valence-electron chi connectivity index (χ4n) is 5.95. The standard InChI is InChI=1S/C37H21NS2/c38-22-32-30(23-10-2-1-3-11-23)20-24(25-14-8-16-28-26-12-4-6-17-33(26)40-37(25)28)21-31(32)27-15-9-19-35-36(27)29-13-5-7-18-34(29)39-35/h1-21H. The van der Waals surface area contributed by atoms with Gasteiger partial charge in [0, 0.05) is 51.5 Å². The third-order valence-corrected chi connectivity index (χ3v) is 10.1. The van der Waals surface area contributed by atoms with Crippen molar-refractivity contribution in [1.29, 1.82) is 5.26 Å². The molecular formula is C37H21NS2. The monoisotopic (exact) mass is 543 g/mol. The highest BCUT2D eigenvalue weighted by atomic mass is 32.1. The second kappa shape index (κ2) is 9.17. The zero-order valence-corrected chi connectivity index (χ0v) is 23.0. The molecule has 0 saturated heterocycles. The molecule has 8 rings (SSSR count). The Morgan fingerprint density at radius 1 is 0.450 bits per heavy atom. The van der Waals surface area contributed by atoms with Gasteiger partial charge >= 0.3 is 0 Å². The molecule has 0 bridgehead atoms. The van der Waals surface area contributed by atoms with Crippen molar-refractivity contribution in [1.82, 2.24) is 0 Å². The molecule has 0 amide bonds. The molecule has 2 heterocycles. The molecule has 0 aliphatic rings. The Balaban J connectivity index is 1.50. The van der Waals surface area contributed by atoms with Gasteiger partial charge in [0.2, 0.25) is 0 Å². The number of rotatable bonds is 3. The van der Waals surface area contributed by atoms with Crippen LogP contribution >= 0.6 is 22.7 Å². The van der Waals surface area contributed by atoms with Crippen LogP contribution in [0.3, 0.4) is 0 Å². The molecule has 6 aromatic carbocycles. The van der Waals surface area contributed by atoms with Crippen molar-refractivity contribution < 1.29 is 0 Å². The number of hydrogen-bond donors (Lipinski definition) is 0. The Kier molecular flexibility index (Phi) is 5.31. The molecule has 186 valence electrons. The molecule has 0 unspecified atom stereocenters. The Labute approximate surface area is 239 Å². The minimum absolute atomic E-state index is 0.709. The van der Waals surface area contributed by atoms with E-state index in [-0.39, 0.29) is 0 Å². The molecule has 0 saturated carbocycles. The van der Waals surface area contributed by atoms with E-state index in [1.54, 1.807) is 0 Å². The molecule has 8 aromatic rings. The third-order valence-electron chi connectivity index (χ3n) is 7.74. The Bertz CT molecular complexity index is 2280. The van der Waals surface area contributed by atoms with Gasteiger partial charge < -0.3 is 0 Å². The summed E-state index contributed by atoms with van der Waals surface area (Å²) in [6, 6.07) is 47.7. The lowest BCUT2D eigenvalue weighted by Crippen LogP contribution is -1.93. The van der Waals surface area contributed by atoms with Crippen molar-refractivity contribution in [2.45, 2.75) is 0 Å².